The van der Waals surface area contributed by atoms with Crippen LogP contribution in [0.4, 0.5) is 0 Å². The van der Waals surface area contributed by atoms with Gasteiger partial charge in [-0.05, 0) is 43.7 Å². The summed E-state index contributed by atoms with van der Waals surface area (Å²) in [7, 11) is 0. The van der Waals surface area contributed by atoms with Crippen molar-refractivity contribution >= 4 is 35.6 Å². The monoisotopic (exact) mass is 413 g/mol. The summed E-state index contributed by atoms with van der Waals surface area (Å²) in [6, 6.07) is 15.7. The molecule has 0 aliphatic carbocycles. The molecule has 0 spiro atoms. The summed E-state index contributed by atoms with van der Waals surface area (Å²) >= 11 is 12.1. The van der Waals surface area contributed by atoms with E-state index in [0.29, 0.717) is 22.7 Å². The summed E-state index contributed by atoms with van der Waals surface area (Å²) < 4.78 is 12.9. The van der Waals surface area contributed by atoms with Gasteiger partial charge in [0.25, 0.3) is 0 Å². The third-order valence-electron chi connectivity index (χ3n) is 5.01. The third kappa shape index (κ3) is 3.89. The molecule has 0 bridgehead atoms. The molecule has 2 aliphatic rings. The van der Waals surface area contributed by atoms with E-state index in [1.54, 1.807) is 0 Å². The minimum absolute atomic E-state index is 0. The number of rotatable bonds is 3. The van der Waals surface area contributed by atoms with Crippen molar-refractivity contribution in [2.75, 3.05) is 13.2 Å². The highest BCUT2D eigenvalue weighted by atomic mass is 35.5. The minimum atomic E-state index is -0.918. The van der Waals surface area contributed by atoms with Gasteiger partial charge >= 0.3 is 0 Å². The minimum Gasteiger partial charge on any atom is -0.339 e. The Hall–Kier alpha value is -0.810. The van der Waals surface area contributed by atoms with E-state index in [0.717, 1.165) is 24.1 Å². The molecule has 2 aromatic carbocycles. The van der Waals surface area contributed by atoms with Crippen LogP contribution in [0, 0.1) is 0 Å². The van der Waals surface area contributed by atoms with Crippen molar-refractivity contribution in [2.45, 2.75) is 37.2 Å². The van der Waals surface area contributed by atoms with Gasteiger partial charge in [0.15, 0.2) is 0 Å². The lowest BCUT2D eigenvalue weighted by atomic mass is 9.97. The second-order valence-electron chi connectivity index (χ2n) is 6.65. The van der Waals surface area contributed by atoms with Crippen molar-refractivity contribution in [3.63, 3.8) is 0 Å². The van der Waals surface area contributed by atoms with Gasteiger partial charge in [-0.1, -0.05) is 53.9 Å². The molecule has 3 nitrogen and oxygen atoms in total. The molecular weight excluding hydrogens is 393 g/mol. The Labute approximate surface area is 170 Å². The van der Waals surface area contributed by atoms with E-state index in [4.69, 9.17) is 32.7 Å². The average Bonchev–Trinajstić information content (AvgIpc) is 3.10. The first-order chi connectivity index (χ1) is 12.2. The van der Waals surface area contributed by atoms with Crippen LogP contribution in [0.3, 0.4) is 0 Å². The van der Waals surface area contributed by atoms with Gasteiger partial charge < -0.3 is 14.8 Å². The number of nitrogens with one attached hydrogen (secondary N) is 1. The lowest BCUT2D eigenvalue weighted by molar-refractivity contribution is -0.146. The van der Waals surface area contributed by atoms with Gasteiger partial charge in [-0.2, -0.15) is 0 Å². The fourth-order valence-corrected chi connectivity index (χ4v) is 3.94. The maximum Gasteiger partial charge on any atom is 0.222 e. The second-order valence-corrected chi connectivity index (χ2v) is 7.53. The molecular formula is C20H22Cl3NO2. The molecule has 2 aromatic rings. The predicted molar refractivity (Wildman–Crippen MR) is 107 cm³/mol. The maximum atomic E-state index is 6.57. The SMILES string of the molecule is Cl.Clc1ccc(C2(c3ccc(Cl)cc3)OCC(C3CCCCN3)O2)cc1. The Kier molecular flexibility index (Phi) is 6.50. The van der Waals surface area contributed by atoms with Crippen molar-refractivity contribution in [1.29, 1.82) is 0 Å². The summed E-state index contributed by atoms with van der Waals surface area (Å²) in [5.74, 6) is -0.918. The van der Waals surface area contributed by atoms with E-state index in [-0.39, 0.29) is 18.5 Å². The molecule has 2 saturated heterocycles. The standard InChI is InChI=1S/C20H21Cl2NO2.ClH/c21-16-8-4-14(5-9-16)20(15-6-10-17(22)11-7-15)24-13-19(25-20)18-3-1-2-12-23-18;/h4-11,18-19,23H,1-3,12-13H2;1H. The highest BCUT2D eigenvalue weighted by Gasteiger charge is 2.47. The maximum absolute atomic E-state index is 6.57. The molecule has 26 heavy (non-hydrogen) atoms. The van der Waals surface area contributed by atoms with Gasteiger partial charge in [0.05, 0.1) is 6.61 Å². The highest BCUT2D eigenvalue weighted by Crippen LogP contribution is 2.42. The topological polar surface area (TPSA) is 30.5 Å². The van der Waals surface area contributed by atoms with Crippen LogP contribution in [0.15, 0.2) is 48.5 Å². The van der Waals surface area contributed by atoms with Crippen molar-refractivity contribution in [3.8, 4) is 0 Å². The van der Waals surface area contributed by atoms with Crippen LogP contribution in [0.25, 0.3) is 0 Å². The first-order valence-electron chi connectivity index (χ1n) is 8.75. The van der Waals surface area contributed by atoms with Crippen LogP contribution in [-0.2, 0) is 15.3 Å². The first-order valence-corrected chi connectivity index (χ1v) is 9.50. The normalized spacial score (nSPS) is 24.8. The molecule has 2 fully saturated rings. The molecule has 140 valence electrons. The Morgan fingerprint density at radius 2 is 1.46 bits per heavy atom. The Balaban J connectivity index is 0.00000196. The van der Waals surface area contributed by atoms with E-state index >= 15 is 0 Å². The van der Waals surface area contributed by atoms with Crippen LogP contribution >= 0.6 is 35.6 Å². The summed E-state index contributed by atoms with van der Waals surface area (Å²) in [5, 5.41) is 4.96. The molecule has 0 aromatic heterocycles. The van der Waals surface area contributed by atoms with E-state index in [2.05, 4.69) is 5.32 Å². The van der Waals surface area contributed by atoms with Gasteiger partial charge in [0.1, 0.15) is 6.10 Å². The summed E-state index contributed by atoms with van der Waals surface area (Å²) in [6.45, 7) is 1.60. The van der Waals surface area contributed by atoms with E-state index in [1.807, 2.05) is 48.5 Å². The number of benzene rings is 2. The van der Waals surface area contributed by atoms with Gasteiger partial charge in [0, 0.05) is 27.2 Å². The molecule has 2 heterocycles. The zero-order valence-corrected chi connectivity index (χ0v) is 16.6. The number of hydrogen-bond donors (Lipinski definition) is 1. The van der Waals surface area contributed by atoms with E-state index in [9.17, 15) is 0 Å². The Morgan fingerprint density at radius 1 is 0.885 bits per heavy atom. The smallest absolute Gasteiger partial charge is 0.222 e. The molecule has 0 amide bonds. The van der Waals surface area contributed by atoms with Crippen LogP contribution < -0.4 is 5.32 Å². The molecule has 2 aliphatic heterocycles. The number of halogens is 3. The predicted octanol–water partition coefficient (Wildman–Crippen LogP) is 5.17. The fourth-order valence-electron chi connectivity index (χ4n) is 3.68. The van der Waals surface area contributed by atoms with Gasteiger partial charge in [-0.15, -0.1) is 12.4 Å². The molecule has 0 radical (unpaired) electrons. The van der Waals surface area contributed by atoms with Crippen molar-refractivity contribution in [1.82, 2.24) is 5.32 Å². The molecule has 6 heteroatoms. The second kappa shape index (κ2) is 8.47. The summed E-state index contributed by atoms with van der Waals surface area (Å²) in [4.78, 5) is 0. The summed E-state index contributed by atoms with van der Waals surface area (Å²) in [6.07, 6.45) is 3.59. The largest absolute Gasteiger partial charge is 0.339 e. The molecule has 4 rings (SSSR count). The van der Waals surface area contributed by atoms with Crippen LogP contribution in [0.5, 0.6) is 0 Å². The molecule has 1 N–H and O–H groups in total. The van der Waals surface area contributed by atoms with Crippen LogP contribution in [-0.4, -0.2) is 25.3 Å². The zero-order valence-electron chi connectivity index (χ0n) is 14.3. The lowest BCUT2D eigenvalue weighted by Crippen LogP contribution is -2.45. The zero-order chi connectivity index (χ0) is 17.3. The highest BCUT2D eigenvalue weighted by molar-refractivity contribution is 6.30. The first kappa shape index (κ1) is 19.9. The molecule has 2 atom stereocenters. The fraction of sp³-hybridized carbons (Fsp3) is 0.400. The van der Waals surface area contributed by atoms with Gasteiger partial charge in [0.2, 0.25) is 5.79 Å². The number of ether oxygens (including phenoxy) is 2. The Bertz CT molecular complexity index is 669. The number of hydrogen-bond acceptors (Lipinski definition) is 3. The lowest BCUT2D eigenvalue weighted by Gasteiger charge is -2.32. The van der Waals surface area contributed by atoms with Crippen molar-refractivity contribution in [2.24, 2.45) is 0 Å². The number of piperidine rings is 1. The van der Waals surface area contributed by atoms with Crippen LogP contribution in [0.1, 0.15) is 30.4 Å². The third-order valence-corrected chi connectivity index (χ3v) is 5.52. The quantitative estimate of drug-likeness (QED) is 0.751. The van der Waals surface area contributed by atoms with Crippen molar-refractivity contribution in [3.05, 3.63) is 69.7 Å². The van der Waals surface area contributed by atoms with Crippen LogP contribution in [0.2, 0.25) is 10.0 Å². The molecule has 0 saturated carbocycles. The van der Waals surface area contributed by atoms with Gasteiger partial charge in [-0.3, -0.25) is 0 Å². The Morgan fingerprint density at radius 3 is 1.96 bits per heavy atom. The average molecular weight is 415 g/mol. The van der Waals surface area contributed by atoms with Crippen molar-refractivity contribution < 1.29 is 9.47 Å². The van der Waals surface area contributed by atoms with E-state index < -0.39 is 5.79 Å². The summed E-state index contributed by atoms with van der Waals surface area (Å²) in [5.41, 5.74) is 1.88. The molecule has 2 unspecified atom stereocenters. The van der Waals surface area contributed by atoms with E-state index in [1.165, 1.54) is 12.8 Å². The van der Waals surface area contributed by atoms with Gasteiger partial charge in [-0.25, -0.2) is 0 Å².